The minimum absolute atomic E-state index is 0.290. The van der Waals surface area contributed by atoms with Crippen LogP contribution in [0.5, 0.6) is 0 Å². The lowest BCUT2D eigenvalue weighted by Gasteiger charge is -2.07. The molecule has 0 unspecified atom stereocenters. The fraction of sp³-hybridized carbons (Fsp3) is 0.286. The van der Waals surface area contributed by atoms with Gasteiger partial charge in [0, 0.05) is 27.8 Å². The predicted octanol–water partition coefficient (Wildman–Crippen LogP) is 3.10. The number of sulfonamides is 1. The summed E-state index contributed by atoms with van der Waals surface area (Å²) in [4.78, 5) is 1.26. The first kappa shape index (κ1) is 16.6. The number of rotatable bonds is 7. The molecule has 1 heterocycles. The molecule has 0 saturated carbocycles. The molecule has 0 atom stereocenters. The van der Waals surface area contributed by atoms with E-state index in [1.165, 1.54) is 11.3 Å². The molecule has 0 saturated heterocycles. The molecule has 7 heteroatoms. The Labute approximate surface area is 137 Å². The van der Waals surface area contributed by atoms with E-state index in [2.05, 4.69) is 26.0 Å². The monoisotopic (exact) mass is 388 g/mol. The Morgan fingerprint density at radius 3 is 2.48 bits per heavy atom. The second-order valence-electron chi connectivity index (χ2n) is 4.48. The summed E-state index contributed by atoms with van der Waals surface area (Å²) in [6, 6.07) is 8.85. The van der Waals surface area contributed by atoms with Crippen molar-refractivity contribution >= 4 is 37.3 Å². The van der Waals surface area contributed by atoms with E-state index in [1.807, 2.05) is 30.5 Å². The van der Waals surface area contributed by atoms with Crippen molar-refractivity contribution in [1.82, 2.24) is 10.0 Å². The first-order valence-corrected chi connectivity index (χ1v) is 9.69. The summed E-state index contributed by atoms with van der Waals surface area (Å²) in [6.07, 6.45) is 0. The van der Waals surface area contributed by atoms with E-state index in [0.29, 0.717) is 11.4 Å². The van der Waals surface area contributed by atoms with Crippen LogP contribution in [0.2, 0.25) is 0 Å². The van der Waals surface area contributed by atoms with Gasteiger partial charge in [-0.25, -0.2) is 13.1 Å². The van der Waals surface area contributed by atoms with Crippen LogP contribution >= 0.6 is 27.3 Å². The lowest BCUT2D eigenvalue weighted by Crippen LogP contribution is -2.22. The van der Waals surface area contributed by atoms with Crippen LogP contribution in [-0.2, 0) is 23.1 Å². The number of thiophene rings is 1. The van der Waals surface area contributed by atoms with Crippen LogP contribution < -0.4 is 10.0 Å². The van der Waals surface area contributed by atoms with Crippen molar-refractivity contribution in [3.63, 3.8) is 0 Å². The van der Waals surface area contributed by atoms with Crippen LogP contribution in [0.15, 0.2) is 45.1 Å². The average Bonchev–Trinajstić information content (AvgIpc) is 2.89. The zero-order valence-corrected chi connectivity index (χ0v) is 14.8. The zero-order valence-electron chi connectivity index (χ0n) is 11.6. The Hall–Kier alpha value is -0.730. The second-order valence-corrected chi connectivity index (χ2v) is 8.16. The molecule has 2 rings (SSSR count). The van der Waals surface area contributed by atoms with Gasteiger partial charge in [-0.3, -0.25) is 0 Å². The molecule has 0 bridgehead atoms. The molecule has 21 heavy (non-hydrogen) atoms. The zero-order chi connectivity index (χ0) is 15.3. The maximum absolute atomic E-state index is 12.2. The number of benzene rings is 1. The topological polar surface area (TPSA) is 58.2 Å². The largest absolute Gasteiger partial charge is 0.313 e. The number of hydrogen-bond acceptors (Lipinski definition) is 4. The highest BCUT2D eigenvalue weighted by Gasteiger charge is 2.13. The van der Waals surface area contributed by atoms with Crippen LogP contribution in [0.25, 0.3) is 0 Å². The molecule has 1 aromatic heterocycles. The van der Waals surface area contributed by atoms with Crippen molar-refractivity contribution in [2.75, 3.05) is 6.54 Å². The Morgan fingerprint density at radius 1 is 1.19 bits per heavy atom. The smallest absolute Gasteiger partial charge is 0.240 e. The molecule has 0 fully saturated rings. The summed E-state index contributed by atoms with van der Waals surface area (Å²) in [5.41, 5.74) is 1.07. The van der Waals surface area contributed by atoms with Crippen LogP contribution in [-0.4, -0.2) is 15.0 Å². The summed E-state index contributed by atoms with van der Waals surface area (Å²) in [6.45, 7) is 3.97. The molecule has 0 aliphatic rings. The molecular formula is C14H17BrN2O2S2. The molecule has 4 nitrogen and oxygen atoms in total. The lowest BCUT2D eigenvalue weighted by molar-refractivity contribution is 0.581. The fourth-order valence-electron chi connectivity index (χ4n) is 1.75. The van der Waals surface area contributed by atoms with E-state index in [4.69, 9.17) is 0 Å². The molecule has 0 amide bonds. The molecule has 0 spiro atoms. The van der Waals surface area contributed by atoms with Gasteiger partial charge in [-0.15, -0.1) is 11.3 Å². The van der Waals surface area contributed by atoms with Gasteiger partial charge >= 0.3 is 0 Å². The molecule has 0 radical (unpaired) electrons. The van der Waals surface area contributed by atoms with E-state index in [0.717, 1.165) is 28.0 Å². The highest BCUT2D eigenvalue weighted by molar-refractivity contribution is 9.10. The van der Waals surface area contributed by atoms with Crippen LogP contribution in [0.3, 0.4) is 0 Å². The van der Waals surface area contributed by atoms with Crippen LogP contribution in [0.1, 0.15) is 17.4 Å². The standard InChI is InChI=1S/C14H17BrN2O2S2/c1-2-16-8-11-3-5-14(6-4-11)21(18,19)17-9-13-7-12(15)10-20-13/h3-7,10,16-17H,2,8-9H2,1H3. The molecule has 1 aromatic carbocycles. The molecule has 114 valence electrons. The Bertz CT molecular complexity index is 681. The Balaban J connectivity index is 2.01. The lowest BCUT2D eigenvalue weighted by atomic mass is 10.2. The SMILES string of the molecule is CCNCc1ccc(S(=O)(=O)NCc2cc(Br)cs2)cc1. The summed E-state index contributed by atoms with van der Waals surface area (Å²) in [5.74, 6) is 0. The van der Waals surface area contributed by atoms with Gasteiger partial charge in [-0.2, -0.15) is 0 Å². The van der Waals surface area contributed by atoms with Crippen LogP contribution in [0.4, 0.5) is 0 Å². The van der Waals surface area contributed by atoms with Crippen molar-refractivity contribution in [3.05, 3.63) is 50.6 Å². The van der Waals surface area contributed by atoms with Gasteiger partial charge in [0.05, 0.1) is 4.90 Å². The van der Waals surface area contributed by atoms with Crippen molar-refractivity contribution in [2.24, 2.45) is 0 Å². The maximum Gasteiger partial charge on any atom is 0.240 e. The van der Waals surface area contributed by atoms with Crippen molar-refractivity contribution in [3.8, 4) is 0 Å². The third kappa shape index (κ3) is 4.89. The summed E-state index contributed by atoms with van der Waals surface area (Å²) >= 11 is 4.87. The van der Waals surface area contributed by atoms with Crippen molar-refractivity contribution < 1.29 is 8.42 Å². The van der Waals surface area contributed by atoms with Gasteiger partial charge in [0.25, 0.3) is 0 Å². The van der Waals surface area contributed by atoms with Gasteiger partial charge in [-0.1, -0.05) is 19.1 Å². The number of nitrogens with one attached hydrogen (secondary N) is 2. The molecule has 0 aliphatic heterocycles. The minimum atomic E-state index is -3.47. The van der Waals surface area contributed by atoms with Gasteiger partial charge in [0.15, 0.2) is 0 Å². The van der Waals surface area contributed by atoms with Gasteiger partial charge < -0.3 is 5.32 Å². The van der Waals surface area contributed by atoms with Crippen molar-refractivity contribution in [2.45, 2.75) is 24.9 Å². The van der Waals surface area contributed by atoms with Crippen molar-refractivity contribution in [1.29, 1.82) is 0 Å². The van der Waals surface area contributed by atoms with Gasteiger partial charge in [-0.05, 0) is 46.2 Å². The minimum Gasteiger partial charge on any atom is -0.313 e. The van der Waals surface area contributed by atoms with Crippen LogP contribution in [0, 0.1) is 0 Å². The van der Waals surface area contributed by atoms with E-state index in [9.17, 15) is 8.42 Å². The highest BCUT2D eigenvalue weighted by atomic mass is 79.9. The highest BCUT2D eigenvalue weighted by Crippen LogP contribution is 2.20. The van der Waals surface area contributed by atoms with E-state index >= 15 is 0 Å². The van der Waals surface area contributed by atoms with E-state index in [-0.39, 0.29) is 0 Å². The third-order valence-electron chi connectivity index (χ3n) is 2.87. The second kappa shape index (κ2) is 7.51. The predicted molar refractivity (Wildman–Crippen MR) is 89.9 cm³/mol. The first-order valence-electron chi connectivity index (χ1n) is 6.53. The maximum atomic E-state index is 12.2. The molecule has 2 aromatic rings. The fourth-order valence-corrected chi connectivity index (χ4v) is 4.24. The molecule has 0 aliphatic carbocycles. The summed E-state index contributed by atoms with van der Waals surface area (Å²) in [5, 5.41) is 5.13. The van der Waals surface area contributed by atoms with Gasteiger partial charge in [0.1, 0.15) is 0 Å². The Morgan fingerprint density at radius 2 is 1.90 bits per heavy atom. The Kier molecular flexibility index (Phi) is 5.95. The average molecular weight is 389 g/mol. The van der Waals surface area contributed by atoms with Gasteiger partial charge in [0.2, 0.25) is 10.0 Å². The summed E-state index contributed by atoms with van der Waals surface area (Å²) in [7, 11) is -3.47. The molecular weight excluding hydrogens is 372 g/mol. The van der Waals surface area contributed by atoms with E-state index in [1.54, 1.807) is 12.1 Å². The molecule has 2 N–H and O–H groups in total. The number of hydrogen-bond donors (Lipinski definition) is 2. The summed E-state index contributed by atoms with van der Waals surface area (Å²) < 4.78 is 28.0. The third-order valence-corrected chi connectivity index (χ3v) is 5.99. The first-order chi connectivity index (χ1) is 10.0. The normalized spacial score (nSPS) is 11.7. The number of halogens is 1. The van der Waals surface area contributed by atoms with E-state index < -0.39 is 10.0 Å². The quantitative estimate of drug-likeness (QED) is 0.765.